The molecule has 24 heavy (non-hydrogen) atoms. The molecule has 2 rings (SSSR count). The van der Waals surface area contributed by atoms with Gasteiger partial charge in [-0.15, -0.1) is 0 Å². The highest BCUT2D eigenvalue weighted by molar-refractivity contribution is 5.74. The highest BCUT2D eigenvalue weighted by atomic mass is 19.3. The van der Waals surface area contributed by atoms with Gasteiger partial charge in [-0.2, -0.15) is 8.78 Å². The van der Waals surface area contributed by atoms with Crippen molar-refractivity contribution in [3.05, 3.63) is 29.3 Å². The van der Waals surface area contributed by atoms with Crippen molar-refractivity contribution in [3.63, 3.8) is 0 Å². The topological polar surface area (TPSA) is 61.8 Å². The summed E-state index contributed by atoms with van der Waals surface area (Å²) in [6, 6.07) is 4.39. The molecule has 2 amide bonds. The number of nitrogens with one attached hydrogen (secondary N) is 1. The molecule has 0 spiro atoms. The molecule has 7 heteroatoms. The van der Waals surface area contributed by atoms with Crippen molar-refractivity contribution in [1.82, 2.24) is 10.2 Å². The van der Waals surface area contributed by atoms with Gasteiger partial charge in [0, 0.05) is 7.05 Å². The van der Waals surface area contributed by atoms with Crippen LogP contribution in [0.15, 0.2) is 18.2 Å². The van der Waals surface area contributed by atoms with E-state index in [9.17, 15) is 18.7 Å². The molecule has 1 unspecified atom stereocenters. The average molecular weight is 342 g/mol. The predicted molar refractivity (Wildman–Crippen MR) is 86.2 cm³/mol. The quantitative estimate of drug-likeness (QED) is 0.864. The molecule has 1 aliphatic carbocycles. The van der Waals surface area contributed by atoms with Crippen molar-refractivity contribution in [2.75, 3.05) is 13.6 Å². The predicted octanol–water partition coefficient (Wildman–Crippen LogP) is 3.08. The third-order valence-corrected chi connectivity index (χ3v) is 3.92. The maximum atomic E-state index is 12.3. The molecule has 2 N–H and O–H groups in total. The molecule has 0 saturated carbocycles. The van der Waals surface area contributed by atoms with E-state index in [-0.39, 0.29) is 24.4 Å². The molecular formula is C17H24F2N2O3. The minimum atomic E-state index is -2.85. The Morgan fingerprint density at radius 2 is 2.21 bits per heavy atom. The first kappa shape index (κ1) is 18.4. The average Bonchev–Trinajstić information content (AvgIpc) is 2.44. The molecule has 134 valence electrons. The number of halogens is 2. The Hall–Kier alpha value is -1.89. The van der Waals surface area contributed by atoms with E-state index in [1.807, 2.05) is 0 Å². The Morgan fingerprint density at radius 3 is 2.83 bits per heavy atom. The van der Waals surface area contributed by atoms with Crippen LogP contribution in [0.2, 0.25) is 0 Å². The van der Waals surface area contributed by atoms with Gasteiger partial charge in [0.25, 0.3) is 0 Å². The SMILES string of the molecule is CN(CC(C)(C)O)C(=O)NC1CCCc2cc(OC(F)F)ccc21. The number of hydrogen-bond donors (Lipinski definition) is 2. The fraction of sp³-hybridized carbons (Fsp3) is 0.588. The van der Waals surface area contributed by atoms with Crippen molar-refractivity contribution >= 4 is 6.03 Å². The van der Waals surface area contributed by atoms with Gasteiger partial charge >= 0.3 is 12.6 Å². The maximum Gasteiger partial charge on any atom is 0.387 e. The number of likely N-dealkylation sites (N-methyl/N-ethyl adjacent to an activating group) is 1. The molecular weight excluding hydrogens is 318 g/mol. The molecule has 1 aromatic rings. The smallest absolute Gasteiger partial charge is 0.387 e. The summed E-state index contributed by atoms with van der Waals surface area (Å²) in [5.74, 6) is 0.134. The van der Waals surface area contributed by atoms with Gasteiger partial charge < -0.3 is 20.1 Å². The van der Waals surface area contributed by atoms with Crippen molar-refractivity contribution in [1.29, 1.82) is 0 Å². The maximum absolute atomic E-state index is 12.3. The molecule has 1 aromatic carbocycles. The number of ether oxygens (including phenoxy) is 1. The summed E-state index contributed by atoms with van der Waals surface area (Å²) in [6.45, 7) is 0.631. The van der Waals surface area contributed by atoms with Gasteiger partial charge in [-0.25, -0.2) is 4.79 Å². The number of aliphatic hydroxyl groups is 1. The van der Waals surface area contributed by atoms with Gasteiger partial charge in [0.2, 0.25) is 0 Å². The minimum absolute atomic E-state index is 0.134. The number of nitrogens with zero attached hydrogens (tertiary/aromatic N) is 1. The Bertz CT molecular complexity index is 588. The molecule has 0 aromatic heterocycles. The highest BCUT2D eigenvalue weighted by Crippen LogP contribution is 2.32. The lowest BCUT2D eigenvalue weighted by atomic mass is 9.87. The van der Waals surface area contributed by atoms with Gasteiger partial charge in [-0.1, -0.05) is 6.07 Å². The Kier molecular flexibility index (Phi) is 5.64. The summed E-state index contributed by atoms with van der Waals surface area (Å²) in [4.78, 5) is 13.7. The first-order chi connectivity index (χ1) is 11.2. The summed E-state index contributed by atoms with van der Waals surface area (Å²) in [7, 11) is 1.62. The number of carbonyl (C=O) groups is 1. The van der Waals surface area contributed by atoms with E-state index in [2.05, 4.69) is 10.1 Å². The lowest BCUT2D eigenvalue weighted by molar-refractivity contribution is -0.0499. The van der Waals surface area contributed by atoms with Crippen LogP contribution in [0.25, 0.3) is 0 Å². The standard InChI is InChI=1S/C17H24F2N2O3/c1-17(2,23)10-21(3)16(22)20-14-6-4-5-11-9-12(24-15(18)19)7-8-13(11)14/h7-9,14-15,23H,4-6,10H2,1-3H3,(H,20,22). The lowest BCUT2D eigenvalue weighted by Crippen LogP contribution is -2.46. The molecule has 1 atom stereocenters. The number of urea groups is 1. The number of amides is 2. The number of aryl methyl sites for hydroxylation is 1. The number of alkyl halides is 2. The van der Waals surface area contributed by atoms with E-state index < -0.39 is 12.2 Å². The van der Waals surface area contributed by atoms with E-state index in [1.54, 1.807) is 33.0 Å². The van der Waals surface area contributed by atoms with Crippen LogP contribution in [-0.2, 0) is 6.42 Å². The molecule has 0 bridgehead atoms. The van der Waals surface area contributed by atoms with Gasteiger partial charge in [-0.05, 0) is 56.4 Å². The van der Waals surface area contributed by atoms with Crippen LogP contribution in [0, 0.1) is 0 Å². The van der Waals surface area contributed by atoms with E-state index in [1.165, 1.54) is 11.0 Å². The third-order valence-electron chi connectivity index (χ3n) is 3.92. The van der Waals surface area contributed by atoms with E-state index >= 15 is 0 Å². The second kappa shape index (κ2) is 7.34. The van der Waals surface area contributed by atoms with Gasteiger partial charge in [0.05, 0.1) is 18.2 Å². The Morgan fingerprint density at radius 1 is 1.50 bits per heavy atom. The largest absolute Gasteiger partial charge is 0.435 e. The number of fused-ring (bicyclic) bond motifs is 1. The van der Waals surface area contributed by atoms with Crippen LogP contribution in [0.3, 0.4) is 0 Å². The van der Waals surface area contributed by atoms with Crippen molar-refractivity contribution in [3.8, 4) is 5.75 Å². The molecule has 1 aliphatic rings. The summed E-state index contributed by atoms with van der Waals surface area (Å²) in [5.41, 5.74) is 0.862. The molecule has 0 saturated heterocycles. The number of benzene rings is 1. The van der Waals surface area contributed by atoms with E-state index in [0.29, 0.717) is 0 Å². The lowest BCUT2D eigenvalue weighted by Gasteiger charge is -2.31. The fourth-order valence-corrected chi connectivity index (χ4v) is 3.03. The zero-order valence-electron chi connectivity index (χ0n) is 14.2. The number of hydrogen-bond acceptors (Lipinski definition) is 3. The zero-order valence-corrected chi connectivity index (χ0v) is 14.2. The monoisotopic (exact) mass is 342 g/mol. The van der Waals surface area contributed by atoms with E-state index in [0.717, 1.165) is 30.4 Å². The van der Waals surface area contributed by atoms with Crippen molar-refractivity contribution in [2.24, 2.45) is 0 Å². The van der Waals surface area contributed by atoms with Crippen molar-refractivity contribution in [2.45, 2.75) is 51.4 Å². The summed E-state index contributed by atoms with van der Waals surface area (Å²) in [5, 5.41) is 12.8. The number of rotatable bonds is 5. The first-order valence-corrected chi connectivity index (χ1v) is 7.97. The fourth-order valence-electron chi connectivity index (χ4n) is 3.03. The van der Waals surface area contributed by atoms with Crippen LogP contribution in [0.1, 0.15) is 43.9 Å². The molecule has 0 radical (unpaired) electrons. The summed E-state index contributed by atoms with van der Waals surface area (Å²) >= 11 is 0. The number of carbonyl (C=O) groups excluding carboxylic acids is 1. The van der Waals surface area contributed by atoms with E-state index in [4.69, 9.17) is 0 Å². The Labute approximate surface area is 140 Å². The van der Waals surface area contributed by atoms with Gasteiger partial charge in [0.1, 0.15) is 5.75 Å². The van der Waals surface area contributed by atoms with Gasteiger partial charge in [-0.3, -0.25) is 0 Å². The highest BCUT2D eigenvalue weighted by Gasteiger charge is 2.25. The summed E-state index contributed by atoms with van der Waals surface area (Å²) in [6.07, 6.45) is 2.40. The third kappa shape index (κ3) is 5.06. The summed E-state index contributed by atoms with van der Waals surface area (Å²) < 4.78 is 29.1. The second-order valence-corrected chi connectivity index (χ2v) is 6.80. The minimum Gasteiger partial charge on any atom is -0.435 e. The first-order valence-electron chi connectivity index (χ1n) is 7.97. The normalized spacial score (nSPS) is 17.4. The Balaban J connectivity index is 2.07. The molecule has 5 nitrogen and oxygen atoms in total. The van der Waals surface area contributed by atoms with Crippen LogP contribution < -0.4 is 10.1 Å². The zero-order chi connectivity index (χ0) is 17.9. The molecule has 0 aliphatic heterocycles. The molecule has 0 fully saturated rings. The van der Waals surface area contributed by atoms with Crippen molar-refractivity contribution < 1.29 is 23.4 Å². The van der Waals surface area contributed by atoms with Crippen LogP contribution >= 0.6 is 0 Å². The van der Waals surface area contributed by atoms with Crippen LogP contribution in [0.4, 0.5) is 13.6 Å². The second-order valence-electron chi connectivity index (χ2n) is 6.80. The van der Waals surface area contributed by atoms with Crippen LogP contribution in [0.5, 0.6) is 5.75 Å². The molecule has 0 heterocycles. The van der Waals surface area contributed by atoms with Gasteiger partial charge in [0.15, 0.2) is 0 Å². The van der Waals surface area contributed by atoms with Crippen LogP contribution in [-0.4, -0.2) is 41.8 Å².